The Bertz CT molecular complexity index is 454. The van der Waals surface area contributed by atoms with Crippen molar-refractivity contribution >= 4 is 11.3 Å². The van der Waals surface area contributed by atoms with Crippen molar-refractivity contribution in [2.24, 2.45) is 0 Å². The summed E-state index contributed by atoms with van der Waals surface area (Å²) in [5.74, 6) is 1.29. The van der Waals surface area contributed by atoms with Crippen molar-refractivity contribution in [2.75, 3.05) is 27.2 Å². The zero-order valence-corrected chi connectivity index (χ0v) is 11.5. The van der Waals surface area contributed by atoms with E-state index in [2.05, 4.69) is 27.5 Å². The van der Waals surface area contributed by atoms with Crippen molar-refractivity contribution in [3.8, 4) is 10.8 Å². The quantitative estimate of drug-likeness (QED) is 0.775. The Balaban J connectivity index is 1.87. The van der Waals surface area contributed by atoms with Crippen molar-refractivity contribution in [3.05, 3.63) is 23.4 Å². The monoisotopic (exact) mass is 266 g/mol. The average molecular weight is 266 g/mol. The van der Waals surface area contributed by atoms with Gasteiger partial charge in [-0.2, -0.15) is 0 Å². The molecule has 0 radical (unpaired) electrons. The molecule has 0 spiro atoms. The summed E-state index contributed by atoms with van der Waals surface area (Å²) < 4.78 is 5.64. The summed E-state index contributed by atoms with van der Waals surface area (Å²) in [4.78, 5) is 3.20. The molecule has 0 unspecified atom stereocenters. The molecule has 18 heavy (non-hydrogen) atoms. The van der Waals surface area contributed by atoms with Gasteiger partial charge in [0.05, 0.1) is 11.4 Å². The van der Waals surface area contributed by atoms with Crippen molar-refractivity contribution in [1.29, 1.82) is 0 Å². The highest BCUT2D eigenvalue weighted by atomic mass is 32.1. The average Bonchev–Trinajstić information content (AvgIpc) is 2.98. The van der Waals surface area contributed by atoms with Gasteiger partial charge in [0.1, 0.15) is 0 Å². The molecule has 2 heterocycles. The minimum absolute atomic E-state index is 0.614. The van der Waals surface area contributed by atoms with Gasteiger partial charge in [-0.3, -0.25) is 4.90 Å². The van der Waals surface area contributed by atoms with Crippen LogP contribution in [0.15, 0.2) is 21.9 Å². The minimum Gasteiger partial charge on any atom is -0.419 e. The van der Waals surface area contributed by atoms with E-state index >= 15 is 0 Å². The fourth-order valence-electron chi connectivity index (χ4n) is 1.65. The highest BCUT2D eigenvalue weighted by molar-refractivity contribution is 7.13. The topological polar surface area (TPSA) is 54.2 Å². The minimum atomic E-state index is 0.614. The number of hydrogen-bond donors (Lipinski definition) is 1. The molecule has 2 aromatic rings. The van der Waals surface area contributed by atoms with Crippen LogP contribution in [0, 0.1) is 0 Å². The molecule has 2 rings (SSSR count). The Morgan fingerprint density at radius 2 is 2.33 bits per heavy atom. The van der Waals surface area contributed by atoms with Gasteiger partial charge < -0.3 is 9.73 Å². The van der Waals surface area contributed by atoms with Gasteiger partial charge in [0, 0.05) is 0 Å². The summed E-state index contributed by atoms with van der Waals surface area (Å²) in [6.45, 7) is 2.73. The molecule has 0 fully saturated rings. The second kappa shape index (κ2) is 6.63. The van der Waals surface area contributed by atoms with Gasteiger partial charge in [0.25, 0.3) is 5.89 Å². The molecular weight excluding hydrogens is 248 g/mol. The van der Waals surface area contributed by atoms with Crippen LogP contribution < -0.4 is 5.32 Å². The predicted molar refractivity (Wildman–Crippen MR) is 72.5 cm³/mol. The highest BCUT2D eigenvalue weighted by Gasteiger charge is 2.10. The van der Waals surface area contributed by atoms with Crippen LogP contribution in [0.1, 0.15) is 12.3 Å². The van der Waals surface area contributed by atoms with Gasteiger partial charge in [-0.1, -0.05) is 6.07 Å². The zero-order chi connectivity index (χ0) is 12.8. The van der Waals surface area contributed by atoms with Crippen LogP contribution in [-0.4, -0.2) is 42.3 Å². The first-order valence-corrected chi connectivity index (χ1v) is 6.87. The number of rotatable bonds is 7. The molecule has 0 aliphatic heterocycles. The lowest BCUT2D eigenvalue weighted by molar-refractivity contribution is 0.286. The molecule has 0 saturated carbocycles. The first-order valence-electron chi connectivity index (χ1n) is 5.99. The van der Waals surface area contributed by atoms with Gasteiger partial charge in [0.2, 0.25) is 5.89 Å². The van der Waals surface area contributed by atoms with Crippen molar-refractivity contribution < 1.29 is 4.42 Å². The van der Waals surface area contributed by atoms with E-state index in [9.17, 15) is 0 Å². The van der Waals surface area contributed by atoms with Crippen molar-refractivity contribution in [2.45, 2.75) is 13.0 Å². The summed E-state index contributed by atoms with van der Waals surface area (Å²) >= 11 is 1.61. The van der Waals surface area contributed by atoms with Crippen LogP contribution >= 0.6 is 11.3 Å². The molecule has 98 valence electrons. The molecule has 0 aliphatic carbocycles. The van der Waals surface area contributed by atoms with Crippen LogP contribution in [0.4, 0.5) is 0 Å². The van der Waals surface area contributed by atoms with Crippen LogP contribution in [0.2, 0.25) is 0 Å². The summed E-state index contributed by atoms with van der Waals surface area (Å²) in [6.07, 6.45) is 1.11. The Hall–Kier alpha value is -1.24. The number of nitrogens with zero attached hydrogens (tertiary/aromatic N) is 3. The molecule has 5 nitrogen and oxygen atoms in total. The maximum absolute atomic E-state index is 5.64. The van der Waals surface area contributed by atoms with Gasteiger partial charge in [-0.15, -0.1) is 21.5 Å². The summed E-state index contributed by atoms with van der Waals surface area (Å²) in [5.41, 5.74) is 0. The summed E-state index contributed by atoms with van der Waals surface area (Å²) in [6, 6.07) is 3.96. The third-order valence-electron chi connectivity index (χ3n) is 2.57. The van der Waals surface area contributed by atoms with E-state index < -0.39 is 0 Å². The summed E-state index contributed by atoms with van der Waals surface area (Å²) in [5, 5.41) is 13.3. The van der Waals surface area contributed by atoms with Crippen LogP contribution in [0.25, 0.3) is 10.8 Å². The largest absolute Gasteiger partial charge is 0.419 e. The third-order valence-corrected chi connectivity index (χ3v) is 3.43. The van der Waals surface area contributed by atoms with Gasteiger partial charge >= 0.3 is 0 Å². The first-order chi connectivity index (χ1) is 8.79. The molecule has 0 bridgehead atoms. The third kappa shape index (κ3) is 3.63. The van der Waals surface area contributed by atoms with Gasteiger partial charge in [0.15, 0.2) is 0 Å². The number of hydrogen-bond acceptors (Lipinski definition) is 6. The van der Waals surface area contributed by atoms with Gasteiger partial charge in [-0.05, 0) is 45.1 Å². The number of aromatic nitrogens is 2. The smallest absolute Gasteiger partial charge is 0.257 e. The van der Waals surface area contributed by atoms with Crippen LogP contribution in [0.3, 0.4) is 0 Å². The predicted octanol–water partition coefficient (Wildman–Crippen LogP) is 1.84. The van der Waals surface area contributed by atoms with Crippen molar-refractivity contribution in [1.82, 2.24) is 20.4 Å². The molecule has 1 N–H and O–H groups in total. The van der Waals surface area contributed by atoms with Crippen molar-refractivity contribution in [3.63, 3.8) is 0 Å². The number of thiophene rings is 1. The lowest BCUT2D eigenvalue weighted by Gasteiger charge is -2.13. The second-order valence-corrected chi connectivity index (χ2v) is 5.12. The van der Waals surface area contributed by atoms with E-state index in [4.69, 9.17) is 4.42 Å². The zero-order valence-electron chi connectivity index (χ0n) is 10.7. The Kier molecular flexibility index (Phi) is 4.86. The van der Waals surface area contributed by atoms with E-state index in [0.29, 0.717) is 18.3 Å². The molecule has 0 saturated heterocycles. The van der Waals surface area contributed by atoms with E-state index in [1.807, 2.05) is 24.6 Å². The lowest BCUT2D eigenvalue weighted by Crippen LogP contribution is -2.22. The summed E-state index contributed by atoms with van der Waals surface area (Å²) in [7, 11) is 4.02. The molecule has 2 aromatic heterocycles. The maximum Gasteiger partial charge on any atom is 0.257 e. The molecule has 0 aromatic carbocycles. The van der Waals surface area contributed by atoms with Crippen LogP contribution in [-0.2, 0) is 6.54 Å². The fraction of sp³-hybridized carbons (Fsp3) is 0.500. The molecule has 0 amide bonds. The Labute approximate surface area is 111 Å². The first kappa shape index (κ1) is 13.2. The molecule has 0 aliphatic rings. The number of nitrogens with one attached hydrogen (secondary N) is 1. The highest BCUT2D eigenvalue weighted by Crippen LogP contribution is 2.23. The molecule has 0 atom stereocenters. The molecule has 6 heteroatoms. The standard InChI is InChI=1S/C12H18N4OS/c1-13-6-4-7-16(2)9-11-14-15-12(17-11)10-5-3-8-18-10/h3,5,8,13H,4,6-7,9H2,1-2H3. The SMILES string of the molecule is CNCCCN(C)Cc1nnc(-c2cccs2)o1. The fourth-order valence-corrected chi connectivity index (χ4v) is 2.30. The molecular formula is C12H18N4OS. The van der Waals surface area contributed by atoms with E-state index in [0.717, 1.165) is 24.4 Å². The normalized spacial score (nSPS) is 11.3. The second-order valence-electron chi connectivity index (χ2n) is 4.17. The van der Waals surface area contributed by atoms with E-state index in [1.165, 1.54) is 0 Å². The van der Waals surface area contributed by atoms with Crippen LogP contribution in [0.5, 0.6) is 0 Å². The lowest BCUT2D eigenvalue weighted by atomic mass is 10.4. The Morgan fingerprint density at radius 1 is 1.44 bits per heavy atom. The van der Waals surface area contributed by atoms with E-state index in [-0.39, 0.29) is 0 Å². The maximum atomic E-state index is 5.64. The Morgan fingerprint density at radius 3 is 3.06 bits per heavy atom. The van der Waals surface area contributed by atoms with E-state index in [1.54, 1.807) is 11.3 Å². The van der Waals surface area contributed by atoms with Gasteiger partial charge in [-0.25, -0.2) is 0 Å².